The normalized spacial score (nSPS) is 25.4. The van der Waals surface area contributed by atoms with Crippen LogP contribution in [0.5, 0.6) is 0 Å². The maximum absolute atomic E-state index is 5.74. The SMILES string of the molecule is CC1CCOC(c2ccc(N(C)C)cc2)O1. The van der Waals surface area contributed by atoms with E-state index in [0.717, 1.165) is 18.6 Å². The molecule has 2 atom stereocenters. The van der Waals surface area contributed by atoms with Crippen LogP contribution in [0.2, 0.25) is 0 Å². The van der Waals surface area contributed by atoms with Gasteiger partial charge < -0.3 is 14.4 Å². The van der Waals surface area contributed by atoms with Crippen LogP contribution in [0.4, 0.5) is 5.69 Å². The Labute approximate surface area is 97.0 Å². The Kier molecular flexibility index (Phi) is 3.46. The van der Waals surface area contributed by atoms with Crippen LogP contribution < -0.4 is 4.90 Å². The molecule has 0 saturated carbocycles. The van der Waals surface area contributed by atoms with Gasteiger partial charge in [-0.3, -0.25) is 0 Å². The first-order chi connectivity index (χ1) is 7.66. The largest absolute Gasteiger partial charge is 0.378 e. The van der Waals surface area contributed by atoms with Gasteiger partial charge in [-0.05, 0) is 25.5 Å². The molecular formula is C13H19NO2. The average Bonchev–Trinajstić information content (AvgIpc) is 2.29. The minimum absolute atomic E-state index is 0.194. The van der Waals surface area contributed by atoms with Crippen LogP contribution in [0.15, 0.2) is 24.3 Å². The number of ether oxygens (including phenoxy) is 2. The Morgan fingerprint density at radius 2 is 1.88 bits per heavy atom. The fraction of sp³-hybridized carbons (Fsp3) is 0.538. The van der Waals surface area contributed by atoms with Gasteiger partial charge in [-0.15, -0.1) is 0 Å². The van der Waals surface area contributed by atoms with E-state index >= 15 is 0 Å². The highest BCUT2D eigenvalue weighted by Gasteiger charge is 2.21. The van der Waals surface area contributed by atoms with E-state index in [-0.39, 0.29) is 12.4 Å². The van der Waals surface area contributed by atoms with Crippen molar-refractivity contribution >= 4 is 5.69 Å². The molecule has 2 unspecified atom stereocenters. The van der Waals surface area contributed by atoms with Gasteiger partial charge in [0.2, 0.25) is 0 Å². The van der Waals surface area contributed by atoms with Crippen LogP contribution in [-0.2, 0) is 9.47 Å². The number of benzene rings is 1. The van der Waals surface area contributed by atoms with Crippen LogP contribution in [0.3, 0.4) is 0 Å². The summed E-state index contributed by atoms with van der Waals surface area (Å²) in [6.45, 7) is 2.87. The molecule has 0 N–H and O–H groups in total. The molecule has 1 saturated heterocycles. The summed E-state index contributed by atoms with van der Waals surface area (Å²) in [5.41, 5.74) is 2.28. The Bertz CT molecular complexity index is 334. The van der Waals surface area contributed by atoms with Crippen molar-refractivity contribution in [3.63, 3.8) is 0 Å². The number of anilines is 1. The third kappa shape index (κ3) is 2.54. The zero-order valence-electron chi connectivity index (χ0n) is 10.1. The number of hydrogen-bond donors (Lipinski definition) is 0. The second-order valence-electron chi connectivity index (χ2n) is 4.42. The molecule has 1 heterocycles. The van der Waals surface area contributed by atoms with Gasteiger partial charge in [0.1, 0.15) is 0 Å². The third-order valence-electron chi connectivity index (χ3n) is 2.83. The number of rotatable bonds is 2. The second kappa shape index (κ2) is 4.85. The summed E-state index contributed by atoms with van der Waals surface area (Å²) in [6, 6.07) is 8.30. The van der Waals surface area contributed by atoms with E-state index in [4.69, 9.17) is 9.47 Å². The minimum atomic E-state index is -0.194. The molecule has 3 heteroatoms. The Morgan fingerprint density at radius 3 is 2.44 bits per heavy atom. The first-order valence-electron chi connectivity index (χ1n) is 5.71. The molecule has 1 aliphatic rings. The third-order valence-corrected chi connectivity index (χ3v) is 2.83. The zero-order valence-corrected chi connectivity index (χ0v) is 10.1. The Hall–Kier alpha value is -1.06. The highest BCUT2D eigenvalue weighted by molar-refractivity contribution is 5.46. The van der Waals surface area contributed by atoms with E-state index in [0.29, 0.717) is 0 Å². The van der Waals surface area contributed by atoms with Crippen molar-refractivity contribution in [1.29, 1.82) is 0 Å². The van der Waals surface area contributed by atoms with E-state index in [9.17, 15) is 0 Å². The van der Waals surface area contributed by atoms with Crippen molar-refractivity contribution in [2.24, 2.45) is 0 Å². The van der Waals surface area contributed by atoms with E-state index in [1.807, 2.05) is 14.1 Å². The van der Waals surface area contributed by atoms with Crippen molar-refractivity contribution in [3.8, 4) is 0 Å². The van der Waals surface area contributed by atoms with Crippen molar-refractivity contribution in [2.75, 3.05) is 25.6 Å². The lowest BCUT2D eigenvalue weighted by atomic mass is 10.1. The lowest BCUT2D eigenvalue weighted by molar-refractivity contribution is -0.212. The lowest BCUT2D eigenvalue weighted by Crippen LogP contribution is -2.24. The van der Waals surface area contributed by atoms with Crippen molar-refractivity contribution in [2.45, 2.75) is 25.7 Å². The van der Waals surface area contributed by atoms with Crippen molar-refractivity contribution < 1.29 is 9.47 Å². The summed E-state index contributed by atoms with van der Waals surface area (Å²) >= 11 is 0. The van der Waals surface area contributed by atoms with Crippen LogP contribution in [0.1, 0.15) is 25.2 Å². The van der Waals surface area contributed by atoms with Gasteiger partial charge in [-0.25, -0.2) is 0 Å². The first kappa shape index (κ1) is 11.4. The molecule has 2 rings (SSSR count). The van der Waals surface area contributed by atoms with Gasteiger partial charge >= 0.3 is 0 Å². The van der Waals surface area contributed by atoms with E-state index < -0.39 is 0 Å². The van der Waals surface area contributed by atoms with Crippen LogP contribution in [-0.4, -0.2) is 26.8 Å². The van der Waals surface area contributed by atoms with Gasteiger partial charge in [0.05, 0.1) is 12.7 Å². The van der Waals surface area contributed by atoms with E-state index in [1.165, 1.54) is 5.69 Å². The summed E-state index contributed by atoms with van der Waals surface area (Å²) in [4.78, 5) is 2.08. The second-order valence-corrected chi connectivity index (χ2v) is 4.42. The molecule has 1 fully saturated rings. The minimum Gasteiger partial charge on any atom is -0.378 e. The fourth-order valence-electron chi connectivity index (χ4n) is 1.76. The highest BCUT2D eigenvalue weighted by atomic mass is 16.7. The number of nitrogens with zero attached hydrogens (tertiary/aromatic N) is 1. The van der Waals surface area contributed by atoms with Crippen LogP contribution in [0.25, 0.3) is 0 Å². The molecular weight excluding hydrogens is 202 g/mol. The van der Waals surface area contributed by atoms with E-state index in [1.54, 1.807) is 0 Å². The smallest absolute Gasteiger partial charge is 0.184 e. The summed E-state index contributed by atoms with van der Waals surface area (Å²) in [7, 11) is 4.06. The molecule has 0 bridgehead atoms. The average molecular weight is 221 g/mol. The van der Waals surface area contributed by atoms with Crippen molar-refractivity contribution in [1.82, 2.24) is 0 Å². The summed E-state index contributed by atoms with van der Waals surface area (Å²) in [6.07, 6.45) is 1.07. The Balaban J connectivity index is 2.09. The molecule has 16 heavy (non-hydrogen) atoms. The molecule has 0 radical (unpaired) electrons. The summed E-state index contributed by atoms with van der Waals surface area (Å²) in [5, 5.41) is 0. The molecule has 0 aromatic heterocycles. The zero-order chi connectivity index (χ0) is 11.5. The van der Waals surface area contributed by atoms with Crippen molar-refractivity contribution in [3.05, 3.63) is 29.8 Å². The van der Waals surface area contributed by atoms with E-state index in [2.05, 4.69) is 36.1 Å². The standard InChI is InChI=1S/C13H19NO2/c1-10-8-9-15-13(16-10)11-4-6-12(7-5-11)14(2)3/h4-7,10,13H,8-9H2,1-3H3. The monoisotopic (exact) mass is 221 g/mol. The summed E-state index contributed by atoms with van der Waals surface area (Å²) in [5.74, 6) is 0. The van der Waals surface area contributed by atoms with Crippen LogP contribution in [0, 0.1) is 0 Å². The quantitative estimate of drug-likeness (QED) is 0.766. The molecule has 1 aliphatic heterocycles. The molecule has 0 amide bonds. The Morgan fingerprint density at radius 1 is 1.19 bits per heavy atom. The highest BCUT2D eigenvalue weighted by Crippen LogP contribution is 2.27. The van der Waals surface area contributed by atoms with Gasteiger partial charge in [-0.2, -0.15) is 0 Å². The topological polar surface area (TPSA) is 21.7 Å². The first-order valence-corrected chi connectivity index (χ1v) is 5.71. The maximum atomic E-state index is 5.74. The number of hydrogen-bond acceptors (Lipinski definition) is 3. The molecule has 1 aromatic rings. The maximum Gasteiger partial charge on any atom is 0.184 e. The predicted octanol–water partition coefficient (Wildman–Crippen LogP) is 2.58. The molecule has 0 spiro atoms. The van der Waals surface area contributed by atoms with Gasteiger partial charge in [0.25, 0.3) is 0 Å². The molecule has 0 aliphatic carbocycles. The summed E-state index contributed by atoms with van der Waals surface area (Å²) < 4.78 is 11.3. The van der Waals surface area contributed by atoms with Gasteiger partial charge in [0, 0.05) is 25.3 Å². The molecule has 3 nitrogen and oxygen atoms in total. The lowest BCUT2D eigenvalue weighted by Gasteiger charge is -2.28. The van der Waals surface area contributed by atoms with Gasteiger partial charge in [-0.1, -0.05) is 12.1 Å². The fourth-order valence-corrected chi connectivity index (χ4v) is 1.76. The molecule has 88 valence electrons. The van der Waals surface area contributed by atoms with Crippen LogP contribution >= 0.6 is 0 Å². The van der Waals surface area contributed by atoms with Gasteiger partial charge in [0.15, 0.2) is 6.29 Å². The predicted molar refractivity (Wildman–Crippen MR) is 64.6 cm³/mol. The molecule has 1 aromatic carbocycles.